The van der Waals surface area contributed by atoms with E-state index in [0.29, 0.717) is 22.6 Å². The predicted octanol–water partition coefficient (Wildman–Crippen LogP) is 3.20. The molecule has 0 aromatic heterocycles. The van der Waals surface area contributed by atoms with Gasteiger partial charge in [0.2, 0.25) is 0 Å². The van der Waals surface area contributed by atoms with Crippen molar-refractivity contribution in [3.63, 3.8) is 0 Å². The summed E-state index contributed by atoms with van der Waals surface area (Å²) in [5, 5.41) is 2.60. The zero-order chi connectivity index (χ0) is 19.6. The molecule has 0 radical (unpaired) electrons. The number of carbonyl (C=O) groups excluding carboxylic acids is 2. The van der Waals surface area contributed by atoms with Crippen LogP contribution in [0.1, 0.15) is 15.9 Å². The van der Waals surface area contributed by atoms with Crippen LogP contribution in [-0.4, -0.2) is 32.7 Å². The van der Waals surface area contributed by atoms with Crippen molar-refractivity contribution in [3.8, 4) is 11.5 Å². The second kappa shape index (κ2) is 9.82. The number of ether oxygens (including phenoxy) is 3. The monoisotopic (exact) mass is 367 g/mol. The van der Waals surface area contributed by atoms with Crippen LogP contribution >= 0.6 is 0 Å². The van der Waals surface area contributed by atoms with Crippen molar-refractivity contribution in [2.45, 2.75) is 0 Å². The second-order valence-corrected chi connectivity index (χ2v) is 5.40. The summed E-state index contributed by atoms with van der Waals surface area (Å²) in [5.74, 6) is 0.219. The number of rotatable bonds is 8. The van der Waals surface area contributed by atoms with E-state index < -0.39 is 11.9 Å². The van der Waals surface area contributed by atoms with E-state index in [1.807, 2.05) is 0 Å². The molecule has 1 N–H and O–H groups in total. The summed E-state index contributed by atoms with van der Waals surface area (Å²) in [7, 11) is 3.11. The van der Waals surface area contributed by atoms with Crippen molar-refractivity contribution in [2.75, 3.05) is 20.8 Å². The van der Waals surface area contributed by atoms with E-state index in [0.717, 1.165) is 0 Å². The lowest BCUT2D eigenvalue weighted by Crippen LogP contribution is -2.28. The molecule has 0 aliphatic carbocycles. The Kier molecular flexibility index (Phi) is 7.19. The third kappa shape index (κ3) is 5.74. The highest BCUT2D eigenvalue weighted by molar-refractivity contribution is 6.03. The van der Waals surface area contributed by atoms with Gasteiger partial charge in [0.25, 0.3) is 5.91 Å². The number of methoxy groups -OCH3 is 2. The molecule has 0 spiro atoms. The minimum absolute atomic E-state index is 0.0165. The molecule has 2 aromatic rings. The fraction of sp³-hybridized carbons (Fsp3) is 0.143. The molecule has 27 heavy (non-hydrogen) atoms. The Hall–Kier alpha value is -3.54. The molecule has 0 fully saturated rings. The number of hydrogen-bond acceptors (Lipinski definition) is 5. The van der Waals surface area contributed by atoms with Gasteiger partial charge in [-0.1, -0.05) is 24.8 Å². The van der Waals surface area contributed by atoms with Gasteiger partial charge >= 0.3 is 5.97 Å². The summed E-state index contributed by atoms with van der Waals surface area (Å²) >= 11 is 0. The van der Waals surface area contributed by atoms with Crippen molar-refractivity contribution in [1.29, 1.82) is 0 Å². The quantitative estimate of drug-likeness (QED) is 0.441. The lowest BCUT2D eigenvalue weighted by atomic mass is 10.1. The molecule has 6 heteroatoms. The van der Waals surface area contributed by atoms with Crippen LogP contribution in [0.15, 0.2) is 66.9 Å². The van der Waals surface area contributed by atoms with Crippen LogP contribution in [0.3, 0.4) is 0 Å². The molecule has 0 bridgehead atoms. The van der Waals surface area contributed by atoms with Gasteiger partial charge in [0, 0.05) is 5.56 Å². The Morgan fingerprint density at radius 2 is 1.52 bits per heavy atom. The van der Waals surface area contributed by atoms with Crippen LogP contribution in [0.4, 0.5) is 0 Å². The van der Waals surface area contributed by atoms with E-state index in [1.165, 1.54) is 12.2 Å². The summed E-state index contributed by atoms with van der Waals surface area (Å²) in [6.07, 6.45) is 2.99. The highest BCUT2D eigenvalue weighted by atomic mass is 16.5. The largest absolute Gasteiger partial charge is 0.497 e. The highest BCUT2D eigenvalue weighted by Gasteiger charge is 2.16. The van der Waals surface area contributed by atoms with Crippen LogP contribution in [0.25, 0.3) is 6.08 Å². The molecule has 0 atom stereocenters. The molecular weight excluding hydrogens is 346 g/mol. The van der Waals surface area contributed by atoms with Crippen molar-refractivity contribution < 1.29 is 23.8 Å². The standard InChI is InChI=1S/C21H21NO5/c1-4-13-27-21(24)19(14-15-5-9-17(25-2)10-6-15)22-20(23)16-7-11-18(26-3)12-8-16/h4-12,14H,1,13H2,2-3H3,(H,22,23)/b19-14-. The normalized spacial score (nSPS) is 10.7. The van der Waals surface area contributed by atoms with Gasteiger partial charge in [-0.2, -0.15) is 0 Å². The maximum atomic E-state index is 12.5. The first-order valence-corrected chi connectivity index (χ1v) is 8.16. The number of amides is 1. The molecular formula is C21H21NO5. The Bertz CT molecular complexity index is 823. The molecule has 0 saturated heterocycles. The minimum atomic E-state index is -0.660. The Labute approximate surface area is 158 Å². The van der Waals surface area contributed by atoms with E-state index in [2.05, 4.69) is 11.9 Å². The molecule has 0 heterocycles. The third-order valence-electron chi connectivity index (χ3n) is 3.58. The molecule has 2 aromatic carbocycles. The maximum Gasteiger partial charge on any atom is 0.355 e. The Morgan fingerprint density at radius 3 is 2.04 bits per heavy atom. The molecule has 0 aliphatic rings. The number of carbonyl (C=O) groups is 2. The van der Waals surface area contributed by atoms with Crippen molar-refractivity contribution in [3.05, 3.63) is 78.0 Å². The number of nitrogens with one attached hydrogen (secondary N) is 1. The third-order valence-corrected chi connectivity index (χ3v) is 3.58. The molecule has 0 aliphatic heterocycles. The topological polar surface area (TPSA) is 73.9 Å². The van der Waals surface area contributed by atoms with Crippen LogP contribution < -0.4 is 14.8 Å². The van der Waals surface area contributed by atoms with Crippen LogP contribution in [0.2, 0.25) is 0 Å². The van der Waals surface area contributed by atoms with Gasteiger partial charge in [0.15, 0.2) is 0 Å². The van der Waals surface area contributed by atoms with E-state index in [9.17, 15) is 9.59 Å². The molecule has 0 saturated carbocycles. The summed E-state index contributed by atoms with van der Waals surface area (Å²) in [5.41, 5.74) is 1.10. The molecule has 140 valence electrons. The fourth-order valence-corrected chi connectivity index (χ4v) is 2.16. The SMILES string of the molecule is C=CCOC(=O)/C(=C/c1ccc(OC)cc1)NC(=O)c1ccc(OC)cc1. The van der Waals surface area contributed by atoms with Crippen LogP contribution in [0, 0.1) is 0 Å². The van der Waals surface area contributed by atoms with Gasteiger partial charge in [0.05, 0.1) is 14.2 Å². The maximum absolute atomic E-state index is 12.5. The lowest BCUT2D eigenvalue weighted by Gasteiger charge is -2.10. The van der Waals surface area contributed by atoms with Crippen molar-refractivity contribution in [2.24, 2.45) is 0 Å². The minimum Gasteiger partial charge on any atom is -0.497 e. The first-order valence-electron chi connectivity index (χ1n) is 8.16. The highest BCUT2D eigenvalue weighted by Crippen LogP contribution is 2.15. The van der Waals surface area contributed by atoms with E-state index >= 15 is 0 Å². The van der Waals surface area contributed by atoms with E-state index in [-0.39, 0.29) is 12.3 Å². The Morgan fingerprint density at radius 1 is 0.963 bits per heavy atom. The smallest absolute Gasteiger partial charge is 0.355 e. The summed E-state index contributed by atoms with van der Waals surface area (Å²) < 4.78 is 15.2. The second-order valence-electron chi connectivity index (χ2n) is 5.40. The first-order chi connectivity index (χ1) is 13.1. The summed E-state index contributed by atoms with van der Waals surface area (Å²) in [4.78, 5) is 24.8. The van der Waals surface area contributed by atoms with E-state index in [1.54, 1.807) is 62.8 Å². The van der Waals surface area contributed by atoms with Gasteiger partial charge < -0.3 is 19.5 Å². The Balaban J connectivity index is 2.24. The average Bonchev–Trinajstić information content (AvgIpc) is 2.72. The number of esters is 1. The predicted molar refractivity (Wildman–Crippen MR) is 103 cm³/mol. The molecule has 2 rings (SSSR count). The average molecular weight is 367 g/mol. The summed E-state index contributed by atoms with van der Waals surface area (Å²) in [6, 6.07) is 13.6. The number of benzene rings is 2. The van der Waals surface area contributed by atoms with Gasteiger partial charge in [-0.25, -0.2) is 4.79 Å². The van der Waals surface area contributed by atoms with Gasteiger partial charge in [-0.05, 0) is 48.0 Å². The summed E-state index contributed by atoms with van der Waals surface area (Å²) in [6.45, 7) is 3.55. The van der Waals surface area contributed by atoms with Crippen LogP contribution in [0.5, 0.6) is 11.5 Å². The van der Waals surface area contributed by atoms with Gasteiger partial charge in [0.1, 0.15) is 23.8 Å². The fourth-order valence-electron chi connectivity index (χ4n) is 2.16. The molecule has 1 amide bonds. The van der Waals surface area contributed by atoms with Crippen molar-refractivity contribution in [1.82, 2.24) is 5.32 Å². The molecule has 6 nitrogen and oxygen atoms in total. The van der Waals surface area contributed by atoms with Gasteiger partial charge in [-0.15, -0.1) is 0 Å². The lowest BCUT2D eigenvalue weighted by molar-refractivity contribution is -0.138. The van der Waals surface area contributed by atoms with Gasteiger partial charge in [-0.3, -0.25) is 4.79 Å². The molecule has 0 unspecified atom stereocenters. The number of hydrogen-bond donors (Lipinski definition) is 1. The zero-order valence-corrected chi connectivity index (χ0v) is 15.2. The van der Waals surface area contributed by atoms with Crippen LogP contribution in [-0.2, 0) is 9.53 Å². The first kappa shape index (κ1) is 19.8. The zero-order valence-electron chi connectivity index (χ0n) is 15.2. The van der Waals surface area contributed by atoms with E-state index in [4.69, 9.17) is 14.2 Å². The van der Waals surface area contributed by atoms with Crippen molar-refractivity contribution >= 4 is 18.0 Å².